The highest BCUT2D eigenvalue weighted by molar-refractivity contribution is 8.14. The summed E-state index contributed by atoms with van der Waals surface area (Å²) in [7, 11) is 0. The minimum atomic E-state index is -1.55. The van der Waals surface area contributed by atoms with Crippen LogP contribution in [0.25, 0.3) is 0 Å². The molecule has 7 aromatic rings. The number of hydrogen-bond donors (Lipinski definition) is 0. The van der Waals surface area contributed by atoms with Gasteiger partial charge in [-0.15, -0.1) is 0 Å². The first-order valence-electron chi connectivity index (χ1n) is 20.4. The van der Waals surface area contributed by atoms with Crippen LogP contribution < -0.4 is 57.1 Å². The van der Waals surface area contributed by atoms with E-state index in [4.69, 9.17) is 47.2 Å². The maximum Gasteiger partial charge on any atom is 0.0634 e. The molecule has 11 heteroatoms. The third-order valence-electron chi connectivity index (χ3n) is 12.9. The molecule has 0 radical (unpaired) electrons. The van der Waals surface area contributed by atoms with Gasteiger partial charge < -0.3 is 14.7 Å². The lowest BCUT2D eigenvalue weighted by molar-refractivity contribution is 0.444. The zero-order chi connectivity index (χ0) is 39.5. The van der Waals surface area contributed by atoms with Gasteiger partial charge in [0.25, 0.3) is 0 Å². The number of fused-ring (bicyclic) bond motifs is 8. The summed E-state index contributed by atoms with van der Waals surface area (Å²) in [5.41, 5.74) is 12.2. The molecule has 1 saturated carbocycles. The monoisotopic (exact) mass is 909 g/mol. The van der Waals surface area contributed by atoms with E-state index in [1.807, 2.05) is 0 Å². The van der Waals surface area contributed by atoms with E-state index >= 15 is 0 Å². The molecule has 0 aromatic heterocycles. The van der Waals surface area contributed by atoms with E-state index in [1.165, 1.54) is 120 Å². The third-order valence-corrected chi connectivity index (χ3v) is 25.4. The molecule has 59 heavy (non-hydrogen) atoms. The van der Waals surface area contributed by atoms with Gasteiger partial charge >= 0.3 is 0 Å². The zero-order valence-corrected chi connectivity index (χ0v) is 39.2. The van der Waals surface area contributed by atoms with Crippen LogP contribution in [0.4, 0.5) is 51.2 Å². The van der Waals surface area contributed by atoms with E-state index in [0.29, 0.717) is 5.92 Å². The molecule has 0 amide bonds. The maximum atomic E-state index is 6.67. The van der Waals surface area contributed by atoms with Crippen molar-refractivity contribution in [2.75, 3.05) is 14.7 Å². The number of rotatable bonds is 4. The Hall–Kier alpha value is -3.46. The van der Waals surface area contributed by atoms with E-state index < -0.39 is 26.8 Å². The van der Waals surface area contributed by atoms with E-state index in [1.54, 1.807) is 0 Å². The second-order valence-electron chi connectivity index (χ2n) is 16.1. The molecular formula is C48H39N3P4S4. The van der Waals surface area contributed by atoms with Crippen LogP contribution in [0.5, 0.6) is 0 Å². The van der Waals surface area contributed by atoms with Gasteiger partial charge in [0, 0.05) is 86.3 Å². The van der Waals surface area contributed by atoms with Gasteiger partial charge in [0.05, 0.1) is 34.1 Å². The standard InChI is InChI=1S/C48H39N3P4S4/c56-52-39-20-9-8-19-37(39)51-38-27-31(25-26-42(38)53(57)44-24-12-23-43(52)47(44)51)49(34-16-5-4-15-33(34)30-13-2-1-3-14-30)32-28-45-48-46(29-32)55(59)41-22-11-7-18-36(41)50(48)35-17-6-10-21-40(35)54(45)58/h4-12,15-30,52-55H,1-3,13-14H2. The Morgan fingerprint density at radius 1 is 0.407 bits per heavy atom. The Morgan fingerprint density at radius 2 is 0.864 bits per heavy atom. The first-order valence-corrected chi connectivity index (χ1v) is 30.9. The summed E-state index contributed by atoms with van der Waals surface area (Å²) in [4.78, 5) is 7.53. The van der Waals surface area contributed by atoms with Crippen LogP contribution in [-0.4, -0.2) is 0 Å². The summed E-state index contributed by atoms with van der Waals surface area (Å²) in [6, 6.07) is 54.3. The van der Waals surface area contributed by atoms with Crippen molar-refractivity contribution in [3.05, 3.63) is 151 Å². The Morgan fingerprint density at radius 3 is 1.46 bits per heavy atom. The van der Waals surface area contributed by atoms with Gasteiger partial charge in [0.15, 0.2) is 0 Å². The van der Waals surface area contributed by atoms with Crippen LogP contribution in [0.1, 0.15) is 43.6 Å². The molecular weight excluding hydrogens is 871 g/mol. The Bertz CT molecular complexity index is 2970. The molecule has 0 spiro atoms. The second-order valence-corrected chi connectivity index (χ2v) is 27.9. The van der Waals surface area contributed by atoms with Gasteiger partial charge in [-0.05, 0) is 78.9 Å². The van der Waals surface area contributed by atoms with E-state index in [9.17, 15) is 0 Å². The molecule has 0 saturated heterocycles. The average molecular weight is 910 g/mol. The predicted molar refractivity (Wildman–Crippen MR) is 276 cm³/mol. The lowest BCUT2D eigenvalue weighted by Gasteiger charge is -2.42. The molecule has 0 N–H and O–H groups in total. The third kappa shape index (κ3) is 5.63. The van der Waals surface area contributed by atoms with Crippen LogP contribution in [0, 0.1) is 0 Å². The average Bonchev–Trinajstić information content (AvgIpc) is 3.29. The number of para-hydroxylation sites is 5. The number of hydrogen-bond acceptors (Lipinski definition) is 7. The maximum absolute atomic E-state index is 6.67. The summed E-state index contributed by atoms with van der Waals surface area (Å²) in [6.07, 6.45) is 6.27. The summed E-state index contributed by atoms with van der Waals surface area (Å²) in [6.45, 7) is -5.96. The number of nitrogens with zero attached hydrogens (tertiary/aromatic N) is 3. The van der Waals surface area contributed by atoms with Crippen LogP contribution in [0.15, 0.2) is 146 Å². The van der Waals surface area contributed by atoms with Gasteiger partial charge in [0.2, 0.25) is 0 Å². The lowest BCUT2D eigenvalue weighted by atomic mass is 9.83. The molecule has 1 aliphatic carbocycles. The molecule has 4 aliphatic heterocycles. The topological polar surface area (TPSA) is 9.72 Å². The van der Waals surface area contributed by atoms with Crippen molar-refractivity contribution in [1.82, 2.24) is 0 Å². The normalized spacial score (nSPS) is 20.7. The molecule has 12 rings (SSSR count). The fourth-order valence-corrected chi connectivity index (χ4v) is 21.3. The van der Waals surface area contributed by atoms with E-state index in [0.717, 1.165) is 11.4 Å². The first kappa shape index (κ1) is 37.3. The van der Waals surface area contributed by atoms with Crippen LogP contribution in [0.3, 0.4) is 0 Å². The zero-order valence-electron chi connectivity index (χ0n) is 31.9. The van der Waals surface area contributed by atoms with Gasteiger partial charge in [-0.25, -0.2) is 0 Å². The molecule has 290 valence electrons. The van der Waals surface area contributed by atoms with Gasteiger partial charge in [-0.1, -0.05) is 157 Å². The van der Waals surface area contributed by atoms with Crippen molar-refractivity contribution in [2.24, 2.45) is 0 Å². The lowest BCUT2D eigenvalue weighted by Crippen LogP contribution is -2.38. The highest BCUT2D eigenvalue weighted by Gasteiger charge is 2.38. The summed E-state index contributed by atoms with van der Waals surface area (Å²) >= 11 is 26.3. The fraction of sp³-hybridized carbons (Fsp3) is 0.125. The number of benzene rings is 7. The number of anilines is 9. The molecule has 5 aliphatic rings. The molecule has 7 aromatic carbocycles. The minimum Gasteiger partial charge on any atom is -0.310 e. The Labute approximate surface area is 368 Å². The van der Waals surface area contributed by atoms with Crippen LogP contribution >= 0.6 is 26.8 Å². The summed E-state index contributed by atoms with van der Waals surface area (Å²) in [5.74, 6) is 0.501. The quantitative estimate of drug-likeness (QED) is 0.161. The predicted octanol–water partition coefficient (Wildman–Crippen LogP) is 9.90. The van der Waals surface area contributed by atoms with E-state index in [2.05, 4.69) is 160 Å². The Balaban J connectivity index is 1.12. The summed E-state index contributed by atoms with van der Waals surface area (Å²) < 4.78 is 0. The molecule has 0 bridgehead atoms. The van der Waals surface area contributed by atoms with Crippen molar-refractivity contribution in [3.63, 3.8) is 0 Å². The molecule has 4 unspecified atom stereocenters. The largest absolute Gasteiger partial charge is 0.310 e. The molecule has 4 heterocycles. The van der Waals surface area contributed by atoms with Crippen LogP contribution in [-0.2, 0) is 47.2 Å². The second kappa shape index (κ2) is 14.6. The van der Waals surface area contributed by atoms with Gasteiger partial charge in [0.1, 0.15) is 0 Å². The Kier molecular flexibility index (Phi) is 9.22. The molecule has 4 atom stereocenters. The van der Waals surface area contributed by atoms with E-state index in [-0.39, 0.29) is 0 Å². The van der Waals surface area contributed by atoms with Crippen molar-refractivity contribution in [3.8, 4) is 0 Å². The highest BCUT2D eigenvalue weighted by atomic mass is 32.4. The highest BCUT2D eigenvalue weighted by Crippen LogP contribution is 2.54. The van der Waals surface area contributed by atoms with Gasteiger partial charge in [-0.3, -0.25) is 0 Å². The van der Waals surface area contributed by atoms with Crippen molar-refractivity contribution >= 4 is 168 Å². The smallest absolute Gasteiger partial charge is 0.0634 e. The van der Waals surface area contributed by atoms with Crippen molar-refractivity contribution < 1.29 is 0 Å². The van der Waals surface area contributed by atoms with Crippen molar-refractivity contribution in [1.29, 1.82) is 0 Å². The van der Waals surface area contributed by atoms with Crippen molar-refractivity contribution in [2.45, 2.75) is 38.0 Å². The fourth-order valence-electron chi connectivity index (χ4n) is 10.3. The van der Waals surface area contributed by atoms with Gasteiger partial charge in [-0.2, -0.15) is 0 Å². The summed E-state index contributed by atoms with van der Waals surface area (Å²) in [5, 5.41) is 10.1. The molecule has 3 nitrogen and oxygen atoms in total. The first-order chi connectivity index (χ1) is 29.0. The molecule has 1 fully saturated rings. The van der Waals surface area contributed by atoms with Crippen LogP contribution in [0.2, 0.25) is 0 Å². The SMILES string of the molecule is S=[PH]1c2ccccc2N2c3cc(N(c4cc5c6c(c4)[PH](=S)c4ccccc4N6c4ccccc4[PH]5=S)c4ccccc4C4CCCCC4)ccc3[PH](=S)c3cccc1c32. The minimum absolute atomic E-state index is 0.501.